The number of pyridine rings is 1. The van der Waals surface area contributed by atoms with Crippen molar-refractivity contribution in [3.05, 3.63) is 70.2 Å². The Balaban J connectivity index is 1.61. The van der Waals surface area contributed by atoms with E-state index in [1.807, 2.05) is 6.92 Å². The first-order valence-corrected chi connectivity index (χ1v) is 10.4. The Hall–Kier alpha value is -4.24. The summed E-state index contributed by atoms with van der Waals surface area (Å²) in [7, 11) is 1.33. The summed E-state index contributed by atoms with van der Waals surface area (Å²) in [6, 6.07) is 6.19. The molecule has 4 rings (SSSR count). The first-order valence-electron chi connectivity index (χ1n) is 9.63. The molecule has 34 heavy (non-hydrogen) atoms. The van der Waals surface area contributed by atoms with E-state index < -0.39 is 17.6 Å². The maximum Gasteiger partial charge on any atom is 0.416 e. The molecule has 3 aromatic heterocycles. The van der Waals surface area contributed by atoms with E-state index in [9.17, 15) is 18.0 Å². The molecule has 0 saturated heterocycles. The fourth-order valence-electron chi connectivity index (χ4n) is 2.99. The molecule has 0 aliphatic heterocycles. The van der Waals surface area contributed by atoms with E-state index in [4.69, 9.17) is 4.74 Å². The second kappa shape index (κ2) is 9.32. The quantitative estimate of drug-likeness (QED) is 0.418. The molecule has 0 aliphatic carbocycles. The minimum atomic E-state index is -4.57. The maximum atomic E-state index is 13.3. The molecule has 0 saturated carbocycles. The van der Waals surface area contributed by atoms with E-state index in [-0.39, 0.29) is 27.6 Å². The zero-order chi connectivity index (χ0) is 24.3. The highest BCUT2D eigenvalue weighted by Gasteiger charge is 2.32. The number of H-pyrrole nitrogens is 1. The van der Waals surface area contributed by atoms with Gasteiger partial charge in [-0.05, 0) is 49.1 Å². The molecular weight excluding hydrogens is 469 g/mol. The van der Waals surface area contributed by atoms with Gasteiger partial charge in [0, 0.05) is 29.2 Å². The van der Waals surface area contributed by atoms with Crippen molar-refractivity contribution in [1.82, 2.24) is 25.4 Å². The number of anilines is 1. The van der Waals surface area contributed by atoms with Crippen LogP contribution in [-0.4, -0.2) is 38.4 Å². The van der Waals surface area contributed by atoms with Crippen LogP contribution >= 0.6 is 11.3 Å². The summed E-state index contributed by atoms with van der Waals surface area (Å²) in [5.74, 6) is 5.20. The van der Waals surface area contributed by atoms with Crippen LogP contribution < -0.4 is 10.1 Å². The Morgan fingerprint density at radius 2 is 1.97 bits per heavy atom. The van der Waals surface area contributed by atoms with E-state index in [0.29, 0.717) is 10.7 Å². The third kappa shape index (κ3) is 5.05. The number of carbonyl (C=O) groups excluding carboxylic acids is 1. The fraction of sp³-hybridized carbons (Fsp3) is 0.136. The van der Waals surface area contributed by atoms with E-state index in [2.05, 4.69) is 42.5 Å². The highest BCUT2D eigenvalue weighted by atomic mass is 32.1. The number of hydrogen-bond acceptors (Lipinski definition) is 7. The van der Waals surface area contributed by atoms with Gasteiger partial charge in [0.1, 0.15) is 11.4 Å². The zero-order valence-corrected chi connectivity index (χ0v) is 18.5. The van der Waals surface area contributed by atoms with Crippen molar-refractivity contribution in [2.75, 3.05) is 12.4 Å². The van der Waals surface area contributed by atoms with Crippen molar-refractivity contribution in [3.63, 3.8) is 0 Å². The predicted octanol–water partition coefficient (Wildman–Crippen LogP) is 4.31. The number of amides is 1. The van der Waals surface area contributed by atoms with Crippen LogP contribution in [-0.2, 0) is 6.18 Å². The van der Waals surface area contributed by atoms with Crippen LogP contribution in [0.4, 0.5) is 18.3 Å². The first-order chi connectivity index (χ1) is 16.2. The molecule has 1 aromatic carbocycles. The number of ether oxygens (including phenoxy) is 1. The van der Waals surface area contributed by atoms with Gasteiger partial charge in [-0.3, -0.25) is 20.2 Å². The van der Waals surface area contributed by atoms with Gasteiger partial charge in [-0.1, -0.05) is 11.3 Å². The summed E-state index contributed by atoms with van der Waals surface area (Å²) in [6.45, 7) is 1.85. The molecule has 0 aliphatic rings. The van der Waals surface area contributed by atoms with Gasteiger partial charge in [-0.2, -0.15) is 18.3 Å². The lowest BCUT2D eigenvalue weighted by atomic mass is 9.98. The summed E-state index contributed by atoms with van der Waals surface area (Å²) >= 11 is 1.04. The molecule has 2 N–H and O–H groups in total. The molecule has 1 amide bonds. The Morgan fingerprint density at radius 3 is 2.68 bits per heavy atom. The molecule has 8 nitrogen and oxygen atoms in total. The largest absolute Gasteiger partial charge is 0.496 e. The van der Waals surface area contributed by atoms with Gasteiger partial charge < -0.3 is 4.74 Å². The van der Waals surface area contributed by atoms with E-state index in [1.54, 1.807) is 6.07 Å². The number of rotatable bonds is 4. The smallest absolute Gasteiger partial charge is 0.416 e. The lowest BCUT2D eigenvalue weighted by molar-refractivity contribution is -0.137. The van der Waals surface area contributed by atoms with Crippen LogP contribution in [0.2, 0.25) is 0 Å². The van der Waals surface area contributed by atoms with Crippen molar-refractivity contribution in [2.24, 2.45) is 0 Å². The Kier molecular flexibility index (Phi) is 6.29. The molecule has 4 aromatic rings. The zero-order valence-electron chi connectivity index (χ0n) is 17.7. The van der Waals surface area contributed by atoms with Gasteiger partial charge >= 0.3 is 6.18 Å². The van der Waals surface area contributed by atoms with Gasteiger partial charge in [-0.15, -0.1) is 10.2 Å². The second-order valence-corrected chi connectivity index (χ2v) is 7.86. The molecule has 12 heteroatoms. The van der Waals surface area contributed by atoms with Crippen LogP contribution in [0.5, 0.6) is 5.75 Å². The molecule has 0 atom stereocenters. The van der Waals surface area contributed by atoms with Gasteiger partial charge in [0.05, 0.1) is 18.2 Å². The van der Waals surface area contributed by atoms with Crippen molar-refractivity contribution in [1.29, 1.82) is 0 Å². The van der Waals surface area contributed by atoms with Crippen LogP contribution in [0.15, 0.2) is 42.7 Å². The average Bonchev–Trinajstić information content (AvgIpc) is 3.45. The van der Waals surface area contributed by atoms with Crippen molar-refractivity contribution in [2.45, 2.75) is 13.1 Å². The number of aromatic nitrogens is 5. The van der Waals surface area contributed by atoms with Crippen molar-refractivity contribution >= 4 is 22.4 Å². The minimum Gasteiger partial charge on any atom is -0.496 e. The molecule has 172 valence electrons. The lowest BCUT2D eigenvalue weighted by Gasteiger charge is -2.15. The molecule has 3 heterocycles. The van der Waals surface area contributed by atoms with Crippen LogP contribution in [0.25, 0.3) is 11.1 Å². The predicted molar refractivity (Wildman–Crippen MR) is 118 cm³/mol. The summed E-state index contributed by atoms with van der Waals surface area (Å²) in [5, 5.41) is 17.7. The summed E-state index contributed by atoms with van der Waals surface area (Å²) < 4.78 is 45.0. The molecule has 0 bridgehead atoms. The van der Waals surface area contributed by atoms with Crippen molar-refractivity contribution < 1.29 is 22.7 Å². The third-order valence-corrected chi connectivity index (χ3v) is 5.29. The number of hydrogen-bond donors (Lipinski definition) is 2. The Bertz CT molecular complexity index is 1420. The van der Waals surface area contributed by atoms with Crippen LogP contribution in [0, 0.1) is 18.8 Å². The highest BCUT2D eigenvalue weighted by molar-refractivity contribution is 7.15. The maximum absolute atomic E-state index is 13.3. The lowest BCUT2D eigenvalue weighted by Crippen LogP contribution is -2.13. The summed E-state index contributed by atoms with van der Waals surface area (Å²) in [5.41, 5.74) is 0.852. The molecule has 0 radical (unpaired) electrons. The summed E-state index contributed by atoms with van der Waals surface area (Å²) in [4.78, 5) is 16.9. The molecule has 0 spiro atoms. The van der Waals surface area contributed by atoms with E-state index in [1.165, 1.54) is 31.6 Å². The number of aryl methyl sites for hydroxylation is 1. The SMILES string of the molecule is COc1ccc(C(F)(F)F)cc1-c1cnccc1C(=O)Nc1nnc(C#Cc2cc(C)[nH]n2)s1. The van der Waals surface area contributed by atoms with Gasteiger partial charge in [0.15, 0.2) is 5.01 Å². The fourth-order valence-corrected chi connectivity index (χ4v) is 3.58. The first kappa shape index (κ1) is 22.9. The van der Waals surface area contributed by atoms with Crippen LogP contribution in [0.3, 0.4) is 0 Å². The summed E-state index contributed by atoms with van der Waals surface area (Å²) in [6.07, 6.45) is -1.90. The standard InChI is InChI=1S/C22H15F3N6O2S/c1-12-9-14(29-28-12)4-6-19-30-31-21(34-19)27-20(32)15-7-8-26-11-17(15)16-10-13(22(23,24)25)3-5-18(16)33-2/h3,5,7-11H,1-2H3,(H,28,29)(H,27,31,32). The number of alkyl halides is 3. The second-order valence-electron chi connectivity index (χ2n) is 6.89. The van der Waals surface area contributed by atoms with Crippen molar-refractivity contribution in [3.8, 4) is 28.7 Å². The number of nitrogens with one attached hydrogen (secondary N) is 2. The average molecular weight is 484 g/mol. The molecule has 0 fully saturated rings. The van der Waals surface area contributed by atoms with E-state index in [0.717, 1.165) is 29.2 Å². The monoisotopic (exact) mass is 484 g/mol. The third-order valence-electron chi connectivity index (χ3n) is 4.53. The van der Waals surface area contributed by atoms with Gasteiger partial charge in [-0.25, -0.2) is 0 Å². The number of carbonyl (C=O) groups is 1. The number of aromatic amines is 1. The highest BCUT2D eigenvalue weighted by Crippen LogP contribution is 2.38. The number of methoxy groups -OCH3 is 1. The topological polar surface area (TPSA) is 106 Å². The van der Waals surface area contributed by atoms with Crippen LogP contribution in [0.1, 0.15) is 32.3 Å². The number of halogens is 3. The number of nitrogens with zero attached hydrogens (tertiary/aromatic N) is 4. The Labute approximate surface area is 195 Å². The van der Waals surface area contributed by atoms with Gasteiger partial charge in [0.25, 0.3) is 5.91 Å². The van der Waals surface area contributed by atoms with Gasteiger partial charge in [0.2, 0.25) is 5.13 Å². The number of benzene rings is 1. The molecular formula is C22H15F3N6O2S. The molecule has 0 unspecified atom stereocenters. The van der Waals surface area contributed by atoms with E-state index >= 15 is 0 Å². The normalized spacial score (nSPS) is 11.0. The minimum absolute atomic E-state index is 0.0775. The Morgan fingerprint density at radius 1 is 1.15 bits per heavy atom.